The Hall–Kier alpha value is -2.35. The lowest BCUT2D eigenvalue weighted by molar-refractivity contribution is 0.0996. The van der Waals surface area contributed by atoms with E-state index in [0.29, 0.717) is 17.9 Å². The fourth-order valence-electron chi connectivity index (χ4n) is 2.27. The van der Waals surface area contributed by atoms with Crippen molar-refractivity contribution in [1.29, 1.82) is 0 Å². The number of nitrogens with zero attached hydrogens (tertiary/aromatic N) is 1. The van der Waals surface area contributed by atoms with Crippen LogP contribution in [0, 0.1) is 0 Å². The highest BCUT2D eigenvalue weighted by atomic mass is 32.2. The van der Waals surface area contributed by atoms with Crippen LogP contribution in [-0.4, -0.2) is 36.9 Å². The van der Waals surface area contributed by atoms with Crippen molar-refractivity contribution in [3.8, 4) is 0 Å². The van der Waals surface area contributed by atoms with Gasteiger partial charge in [0.25, 0.3) is 5.91 Å². The van der Waals surface area contributed by atoms with Gasteiger partial charge in [0.05, 0.1) is 29.7 Å². The molecule has 22 heavy (non-hydrogen) atoms. The number of carbonyl (C=O) groups excluding carboxylic acids is 1. The largest absolute Gasteiger partial charge is 0.459 e. The molecular formula is C14H15N3O4S. The van der Waals surface area contributed by atoms with E-state index in [0.717, 1.165) is 0 Å². The molecule has 3 rings (SSSR count). The molecule has 1 aliphatic rings. The van der Waals surface area contributed by atoms with Crippen molar-refractivity contribution < 1.29 is 17.6 Å². The molecule has 0 radical (unpaired) electrons. The average Bonchev–Trinajstić information content (AvgIpc) is 3.11. The zero-order valence-electron chi connectivity index (χ0n) is 11.7. The summed E-state index contributed by atoms with van der Waals surface area (Å²) in [4.78, 5) is 16.0. The molecule has 1 atom stereocenters. The highest BCUT2D eigenvalue weighted by Gasteiger charge is 2.27. The van der Waals surface area contributed by atoms with Crippen LogP contribution in [0.2, 0.25) is 0 Å². The van der Waals surface area contributed by atoms with Crippen molar-refractivity contribution in [1.82, 2.24) is 4.98 Å². The van der Waals surface area contributed by atoms with Crippen LogP contribution in [0.4, 0.5) is 11.5 Å². The topological polar surface area (TPSA) is 101 Å². The Morgan fingerprint density at radius 1 is 1.32 bits per heavy atom. The first kappa shape index (κ1) is 14.6. The van der Waals surface area contributed by atoms with E-state index in [1.165, 1.54) is 12.5 Å². The number of sulfone groups is 1. The first-order chi connectivity index (χ1) is 10.5. The zero-order chi connectivity index (χ0) is 15.6. The van der Waals surface area contributed by atoms with E-state index < -0.39 is 9.84 Å². The van der Waals surface area contributed by atoms with Crippen molar-refractivity contribution in [2.75, 3.05) is 22.1 Å². The Kier molecular flexibility index (Phi) is 3.84. The lowest BCUT2D eigenvalue weighted by Gasteiger charge is -2.11. The minimum Gasteiger partial charge on any atom is -0.459 e. The van der Waals surface area contributed by atoms with Crippen molar-refractivity contribution in [3.63, 3.8) is 0 Å². The quantitative estimate of drug-likeness (QED) is 0.885. The number of amides is 1. The van der Waals surface area contributed by atoms with Crippen LogP contribution in [-0.2, 0) is 9.84 Å². The van der Waals surface area contributed by atoms with Gasteiger partial charge in [-0.1, -0.05) is 0 Å². The minimum atomic E-state index is -2.92. The van der Waals surface area contributed by atoms with Gasteiger partial charge in [0.15, 0.2) is 15.6 Å². The molecule has 8 heteroatoms. The van der Waals surface area contributed by atoms with E-state index >= 15 is 0 Å². The van der Waals surface area contributed by atoms with E-state index in [2.05, 4.69) is 15.6 Å². The number of carbonyl (C=O) groups is 1. The van der Waals surface area contributed by atoms with Crippen molar-refractivity contribution >= 4 is 27.2 Å². The molecule has 0 aromatic carbocycles. The van der Waals surface area contributed by atoms with Crippen molar-refractivity contribution in [2.45, 2.75) is 12.5 Å². The SMILES string of the molecule is O=C(Nc1ccc(NC2CCS(=O)(=O)C2)nc1)c1ccco1. The number of aromatic nitrogens is 1. The summed E-state index contributed by atoms with van der Waals surface area (Å²) in [6, 6.07) is 6.48. The van der Waals surface area contributed by atoms with E-state index in [9.17, 15) is 13.2 Å². The zero-order valence-corrected chi connectivity index (χ0v) is 12.5. The van der Waals surface area contributed by atoms with Gasteiger partial charge >= 0.3 is 0 Å². The standard InChI is InChI=1S/C14H15N3O4S/c18-14(12-2-1-6-21-12)17-10-3-4-13(15-8-10)16-11-5-7-22(19,20)9-11/h1-4,6,8,11H,5,7,9H2,(H,15,16)(H,17,18). The van der Waals surface area contributed by atoms with E-state index in [-0.39, 0.29) is 29.2 Å². The second-order valence-electron chi connectivity index (χ2n) is 5.11. The summed E-state index contributed by atoms with van der Waals surface area (Å²) < 4.78 is 27.8. The maximum Gasteiger partial charge on any atom is 0.291 e. The van der Waals surface area contributed by atoms with Gasteiger partial charge in [-0.25, -0.2) is 13.4 Å². The molecule has 1 unspecified atom stereocenters. The summed E-state index contributed by atoms with van der Waals surface area (Å²) in [7, 11) is -2.92. The van der Waals surface area contributed by atoms with Gasteiger partial charge < -0.3 is 15.1 Å². The normalized spacial score (nSPS) is 19.7. The second-order valence-corrected chi connectivity index (χ2v) is 7.34. The average molecular weight is 321 g/mol. The molecule has 0 spiro atoms. The Morgan fingerprint density at radius 3 is 2.77 bits per heavy atom. The van der Waals surface area contributed by atoms with Crippen LogP contribution < -0.4 is 10.6 Å². The number of rotatable bonds is 4. The maximum absolute atomic E-state index is 11.8. The van der Waals surface area contributed by atoms with Crippen molar-refractivity contribution in [2.24, 2.45) is 0 Å². The lowest BCUT2D eigenvalue weighted by Crippen LogP contribution is -2.21. The van der Waals surface area contributed by atoms with Gasteiger partial charge in [0.1, 0.15) is 5.82 Å². The number of pyridine rings is 1. The molecule has 116 valence electrons. The number of furan rings is 1. The molecule has 1 amide bonds. The van der Waals surface area contributed by atoms with Crippen LogP contribution in [0.25, 0.3) is 0 Å². The molecule has 2 aromatic rings. The smallest absolute Gasteiger partial charge is 0.291 e. The third kappa shape index (κ3) is 3.45. The van der Waals surface area contributed by atoms with Gasteiger partial charge in [-0.3, -0.25) is 4.79 Å². The molecule has 7 nitrogen and oxygen atoms in total. The predicted molar refractivity (Wildman–Crippen MR) is 81.6 cm³/mol. The molecule has 2 N–H and O–H groups in total. The molecule has 0 saturated carbocycles. The van der Waals surface area contributed by atoms with Crippen LogP contribution in [0.15, 0.2) is 41.1 Å². The Balaban J connectivity index is 1.60. The fraction of sp³-hybridized carbons (Fsp3) is 0.286. The molecule has 1 saturated heterocycles. The third-order valence-electron chi connectivity index (χ3n) is 3.35. The Labute approximate surface area is 127 Å². The first-order valence-electron chi connectivity index (χ1n) is 6.80. The molecule has 3 heterocycles. The van der Waals surface area contributed by atoms with Crippen LogP contribution >= 0.6 is 0 Å². The summed E-state index contributed by atoms with van der Waals surface area (Å²) in [5.74, 6) is 0.791. The molecule has 1 fully saturated rings. The van der Waals surface area contributed by atoms with Gasteiger partial charge in [0, 0.05) is 6.04 Å². The van der Waals surface area contributed by atoms with Gasteiger partial charge in [-0.2, -0.15) is 0 Å². The highest BCUT2D eigenvalue weighted by Crippen LogP contribution is 2.17. The minimum absolute atomic E-state index is 0.110. The first-order valence-corrected chi connectivity index (χ1v) is 8.62. The summed E-state index contributed by atoms with van der Waals surface area (Å²) in [5.41, 5.74) is 0.533. The molecule has 2 aromatic heterocycles. The molecule has 0 bridgehead atoms. The molecule has 1 aliphatic heterocycles. The van der Waals surface area contributed by atoms with Gasteiger partial charge in [0.2, 0.25) is 0 Å². The monoisotopic (exact) mass is 321 g/mol. The Morgan fingerprint density at radius 2 is 2.18 bits per heavy atom. The summed E-state index contributed by atoms with van der Waals surface area (Å²) in [6.07, 6.45) is 3.52. The third-order valence-corrected chi connectivity index (χ3v) is 5.12. The second kappa shape index (κ2) is 5.80. The number of nitrogens with one attached hydrogen (secondary N) is 2. The maximum atomic E-state index is 11.8. The van der Waals surface area contributed by atoms with E-state index in [4.69, 9.17) is 4.42 Å². The number of hydrogen-bond acceptors (Lipinski definition) is 6. The predicted octanol–water partition coefficient (Wildman–Crippen LogP) is 1.53. The van der Waals surface area contributed by atoms with Crippen LogP contribution in [0.3, 0.4) is 0 Å². The van der Waals surface area contributed by atoms with Gasteiger partial charge in [-0.15, -0.1) is 0 Å². The van der Waals surface area contributed by atoms with Gasteiger partial charge in [-0.05, 0) is 30.7 Å². The van der Waals surface area contributed by atoms with Crippen molar-refractivity contribution in [3.05, 3.63) is 42.5 Å². The summed E-state index contributed by atoms with van der Waals surface area (Å²) in [5, 5.41) is 5.74. The lowest BCUT2D eigenvalue weighted by atomic mass is 10.2. The number of anilines is 2. The molecule has 0 aliphatic carbocycles. The summed E-state index contributed by atoms with van der Waals surface area (Å²) >= 11 is 0. The van der Waals surface area contributed by atoms with E-state index in [1.807, 2.05) is 0 Å². The van der Waals surface area contributed by atoms with Crippen LogP contribution in [0.5, 0.6) is 0 Å². The highest BCUT2D eigenvalue weighted by molar-refractivity contribution is 7.91. The Bertz CT molecular complexity index is 754. The van der Waals surface area contributed by atoms with E-state index in [1.54, 1.807) is 24.3 Å². The summed E-state index contributed by atoms with van der Waals surface area (Å²) in [6.45, 7) is 0. The number of hydrogen-bond donors (Lipinski definition) is 2. The van der Waals surface area contributed by atoms with Crippen LogP contribution in [0.1, 0.15) is 17.0 Å². The fourth-order valence-corrected chi connectivity index (χ4v) is 3.94. The molecular weight excluding hydrogens is 306 g/mol.